The third-order valence-corrected chi connectivity index (χ3v) is 4.60. The first-order valence-corrected chi connectivity index (χ1v) is 6.54. The smallest absolute Gasteiger partial charge is 0.150 e. The summed E-state index contributed by atoms with van der Waals surface area (Å²) in [6, 6.07) is 0. The molecule has 0 bridgehead atoms. The molecule has 0 aliphatic heterocycles. The summed E-state index contributed by atoms with van der Waals surface area (Å²) < 4.78 is 22.4. The van der Waals surface area contributed by atoms with Crippen LogP contribution in [0.1, 0.15) is 19.3 Å². The van der Waals surface area contributed by atoms with Crippen LogP contribution in [0.15, 0.2) is 0 Å². The standard InChI is InChI=1S/C8H17NO4S/c1-14(12,13)6-2-3-8(11,5-9)7(10)4-6/h6-7,10-11H,2-5,9H2,1H3/t6-,7-,8-/m1/s1. The minimum atomic E-state index is -3.13. The summed E-state index contributed by atoms with van der Waals surface area (Å²) in [7, 11) is -3.13. The van der Waals surface area contributed by atoms with E-state index < -0.39 is 26.8 Å². The summed E-state index contributed by atoms with van der Waals surface area (Å²) in [4.78, 5) is 0. The molecule has 3 atom stereocenters. The number of sulfone groups is 1. The quantitative estimate of drug-likeness (QED) is 0.536. The molecular weight excluding hydrogens is 206 g/mol. The van der Waals surface area contributed by atoms with E-state index in [1.54, 1.807) is 0 Å². The molecule has 1 rings (SSSR count). The van der Waals surface area contributed by atoms with E-state index in [0.29, 0.717) is 6.42 Å². The minimum Gasteiger partial charge on any atom is -0.390 e. The zero-order chi connectivity index (χ0) is 11.0. The molecule has 1 saturated carbocycles. The molecule has 0 radical (unpaired) electrons. The summed E-state index contributed by atoms with van der Waals surface area (Å²) >= 11 is 0. The predicted octanol–water partition coefficient (Wildman–Crippen LogP) is -1.37. The monoisotopic (exact) mass is 223 g/mol. The van der Waals surface area contributed by atoms with Crippen LogP contribution in [-0.2, 0) is 9.84 Å². The third-order valence-electron chi connectivity index (χ3n) is 2.96. The summed E-state index contributed by atoms with van der Waals surface area (Å²) in [5.41, 5.74) is 4.02. The van der Waals surface area contributed by atoms with Crippen LogP contribution >= 0.6 is 0 Å². The third kappa shape index (κ3) is 2.25. The molecule has 14 heavy (non-hydrogen) atoms. The van der Waals surface area contributed by atoms with Gasteiger partial charge in [0.25, 0.3) is 0 Å². The van der Waals surface area contributed by atoms with Crippen LogP contribution in [0.2, 0.25) is 0 Å². The lowest BCUT2D eigenvalue weighted by atomic mass is 9.82. The SMILES string of the molecule is CS(=O)(=O)[C@@H]1CC[C@@](O)(CN)[C@H](O)C1. The van der Waals surface area contributed by atoms with Crippen molar-refractivity contribution < 1.29 is 18.6 Å². The molecule has 0 unspecified atom stereocenters. The summed E-state index contributed by atoms with van der Waals surface area (Å²) in [5, 5.41) is 18.8. The van der Waals surface area contributed by atoms with Crippen LogP contribution < -0.4 is 5.73 Å². The molecular formula is C8H17NO4S. The molecule has 0 aromatic heterocycles. The second-order valence-corrected chi connectivity index (χ2v) is 6.38. The first-order chi connectivity index (χ1) is 6.29. The Morgan fingerprint density at radius 3 is 2.50 bits per heavy atom. The van der Waals surface area contributed by atoms with E-state index in [-0.39, 0.29) is 19.4 Å². The van der Waals surface area contributed by atoms with Crippen molar-refractivity contribution in [3.05, 3.63) is 0 Å². The van der Waals surface area contributed by atoms with E-state index in [1.165, 1.54) is 0 Å². The van der Waals surface area contributed by atoms with Crippen LogP contribution in [0.4, 0.5) is 0 Å². The molecule has 0 aromatic carbocycles. The lowest BCUT2D eigenvalue weighted by Crippen LogP contribution is -2.54. The molecule has 1 aliphatic rings. The van der Waals surface area contributed by atoms with E-state index in [0.717, 1.165) is 6.26 Å². The second-order valence-electron chi connectivity index (χ2n) is 4.05. The van der Waals surface area contributed by atoms with Crippen molar-refractivity contribution in [2.75, 3.05) is 12.8 Å². The molecule has 6 heteroatoms. The highest BCUT2D eigenvalue weighted by atomic mass is 32.2. The van der Waals surface area contributed by atoms with E-state index in [1.807, 2.05) is 0 Å². The molecule has 84 valence electrons. The maximum absolute atomic E-state index is 11.2. The Bertz CT molecular complexity index is 302. The van der Waals surface area contributed by atoms with Gasteiger partial charge in [0, 0.05) is 12.8 Å². The number of aliphatic hydroxyl groups excluding tert-OH is 1. The van der Waals surface area contributed by atoms with Gasteiger partial charge in [0.15, 0.2) is 0 Å². The van der Waals surface area contributed by atoms with Crippen molar-refractivity contribution >= 4 is 9.84 Å². The van der Waals surface area contributed by atoms with Gasteiger partial charge in [0.2, 0.25) is 0 Å². The van der Waals surface area contributed by atoms with Gasteiger partial charge in [-0.3, -0.25) is 0 Å². The lowest BCUT2D eigenvalue weighted by molar-refractivity contribution is -0.0915. The summed E-state index contributed by atoms with van der Waals surface area (Å²) in [6.07, 6.45) is 0.788. The Morgan fingerprint density at radius 1 is 1.57 bits per heavy atom. The Hall–Kier alpha value is -0.170. The van der Waals surface area contributed by atoms with Crippen molar-refractivity contribution in [2.45, 2.75) is 36.2 Å². The van der Waals surface area contributed by atoms with Crippen LogP contribution in [0.5, 0.6) is 0 Å². The van der Waals surface area contributed by atoms with Gasteiger partial charge in [-0.25, -0.2) is 8.42 Å². The number of hydrogen-bond acceptors (Lipinski definition) is 5. The van der Waals surface area contributed by atoms with E-state index in [2.05, 4.69) is 0 Å². The van der Waals surface area contributed by atoms with Crippen LogP contribution in [0, 0.1) is 0 Å². The van der Waals surface area contributed by atoms with Gasteiger partial charge in [-0.1, -0.05) is 0 Å². The fraction of sp³-hybridized carbons (Fsp3) is 1.00. The first-order valence-electron chi connectivity index (χ1n) is 4.59. The fourth-order valence-corrected chi connectivity index (χ4v) is 2.87. The Morgan fingerprint density at radius 2 is 2.14 bits per heavy atom. The Labute approximate surface area is 83.8 Å². The zero-order valence-electron chi connectivity index (χ0n) is 8.18. The van der Waals surface area contributed by atoms with Crippen molar-refractivity contribution in [3.63, 3.8) is 0 Å². The largest absolute Gasteiger partial charge is 0.390 e. The maximum Gasteiger partial charge on any atom is 0.150 e. The molecule has 0 saturated heterocycles. The molecule has 4 N–H and O–H groups in total. The fourth-order valence-electron chi connectivity index (χ4n) is 1.79. The van der Waals surface area contributed by atoms with Crippen LogP contribution in [0.3, 0.4) is 0 Å². The summed E-state index contributed by atoms with van der Waals surface area (Å²) in [5.74, 6) is 0. The predicted molar refractivity (Wildman–Crippen MR) is 52.5 cm³/mol. The van der Waals surface area contributed by atoms with Crippen molar-refractivity contribution in [3.8, 4) is 0 Å². The number of hydrogen-bond donors (Lipinski definition) is 3. The Kier molecular flexibility index (Phi) is 3.20. The number of nitrogens with two attached hydrogens (primary N) is 1. The average molecular weight is 223 g/mol. The van der Waals surface area contributed by atoms with Gasteiger partial charge < -0.3 is 15.9 Å². The van der Waals surface area contributed by atoms with E-state index >= 15 is 0 Å². The normalized spacial score (nSPS) is 39.7. The van der Waals surface area contributed by atoms with E-state index in [4.69, 9.17) is 5.73 Å². The highest BCUT2D eigenvalue weighted by Crippen LogP contribution is 2.31. The second kappa shape index (κ2) is 3.77. The highest BCUT2D eigenvalue weighted by Gasteiger charge is 2.42. The van der Waals surface area contributed by atoms with E-state index in [9.17, 15) is 18.6 Å². The van der Waals surface area contributed by atoms with Crippen molar-refractivity contribution in [2.24, 2.45) is 5.73 Å². The topological polar surface area (TPSA) is 101 Å². The first kappa shape index (κ1) is 11.9. The average Bonchev–Trinajstić information content (AvgIpc) is 2.08. The summed E-state index contributed by atoms with van der Waals surface area (Å²) in [6.45, 7) is -0.0371. The van der Waals surface area contributed by atoms with Gasteiger partial charge in [-0.05, 0) is 19.3 Å². The van der Waals surface area contributed by atoms with Crippen LogP contribution in [-0.4, -0.2) is 48.4 Å². The maximum atomic E-state index is 11.2. The van der Waals surface area contributed by atoms with Crippen molar-refractivity contribution in [1.29, 1.82) is 0 Å². The van der Waals surface area contributed by atoms with Gasteiger partial charge in [-0.2, -0.15) is 0 Å². The van der Waals surface area contributed by atoms with Gasteiger partial charge >= 0.3 is 0 Å². The molecule has 0 spiro atoms. The van der Waals surface area contributed by atoms with Crippen LogP contribution in [0.25, 0.3) is 0 Å². The molecule has 0 amide bonds. The number of aliphatic hydroxyl groups is 2. The van der Waals surface area contributed by atoms with Gasteiger partial charge in [0.05, 0.1) is 11.4 Å². The molecule has 1 fully saturated rings. The highest BCUT2D eigenvalue weighted by molar-refractivity contribution is 7.91. The molecule has 0 heterocycles. The lowest BCUT2D eigenvalue weighted by Gasteiger charge is -2.38. The Balaban J connectivity index is 2.74. The molecule has 1 aliphatic carbocycles. The zero-order valence-corrected chi connectivity index (χ0v) is 9.00. The molecule has 0 aromatic rings. The van der Waals surface area contributed by atoms with Gasteiger partial charge in [0.1, 0.15) is 15.4 Å². The molecule has 5 nitrogen and oxygen atoms in total. The number of rotatable bonds is 2. The minimum absolute atomic E-state index is 0.0371. The van der Waals surface area contributed by atoms with Gasteiger partial charge in [-0.15, -0.1) is 0 Å². The van der Waals surface area contributed by atoms with Crippen molar-refractivity contribution in [1.82, 2.24) is 0 Å².